The first-order valence-electron chi connectivity index (χ1n) is 7.14. The van der Waals surface area contributed by atoms with Gasteiger partial charge in [-0.25, -0.2) is 0 Å². The van der Waals surface area contributed by atoms with Crippen molar-refractivity contribution >= 4 is 27.5 Å². The number of aryl methyl sites for hydroxylation is 1. The van der Waals surface area contributed by atoms with Gasteiger partial charge < -0.3 is 9.73 Å². The second-order valence-electron chi connectivity index (χ2n) is 4.90. The smallest absolute Gasteiger partial charge is 0.247 e. The van der Waals surface area contributed by atoms with E-state index >= 15 is 0 Å². The van der Waals surface area contributed by atoms with E-state index in [9.17, 15) is 4.79 Å². The summed E-state index contributed by atoms with van der Waals surface area (Å²) in [5, 5.41) is 10.8. The lowest BCUT2D eigenvalue weighted by Gasteiger charge is -2.05. The highest BCUT2D eigenvalue weighted by Gasteiger charge is 2.11. The van der Waals surface area contributed by atoms with Crippen LogP contribution in [0, 0.1) is 0 Å². The van der Waals surface area contributed by atoms with Gasteiger partial charge in [-0.3, -0.25) is 4.79 Å². The minimum Gasteiger partial charge on any atom is -0.421 e. The Balaban J connectivity index is 1.58. The third-order valence-corrected chi connectivity index (χ3v) is 3.89. The van der Waals surface area contributed by atoms with E-state index in [0.717, 1.165) is 15.7 Å². The lowest BCUT2D eigenvalue weighted by atomic mass is 10.2. The molecule has 0 spiro atoms. The number of anilines is 1. The molecule has 0 saturated carbocycles. The summed E-state index contributed by atoms with van der Waals surface area (Å²) in [6, 6.07) is 17.0. The molecule has 116 valence electrons. The molecule has 1 aromatic heterocycles. The summed E-state index contributed by atoms with van der Waals surface area (Å²) in [5.41, 5.74) is 1.61. The number of halogens is 1. The summed E-state index contributed by atoms with van der Waals surface area (Å²) >= 11 is 3.39. The molecule has 0 aliphatic carbocycles. The Kier molecular flexibility index (Phi) is 4.83. The second kappa shape index (κ2) is 7.19. The predicted molar refractivity (Wildman–Crippen MR) is 90.8 cm³/mol. The van der Waals surface area contributed by atoms with Crippen LogP contribution in [0.2, 0.25) is 0 Å². The lowest BCUT2D eigenvalue weighted by molar-refractivity contribution is -0.116. The molecule has 3 rings (SSSR count). The molecule has 1 N–H and O–H groups in total. The average Bonchev–Trinajstić information content (AvgIpc) is 3.05. The molecule has 1 heterocycles. The van der Waals surface area contributed by atoms with Gasteiger partial charge in [-0.2, -0.15) is 0 Å². The Morgan fingerprint density at radius 3 is 2.57 bits per heavy atom. The molecular weight excluding hydrogens is 358 g/mol. The number of nitrogens with one attached hydrogen (secondary N) is 1. The number of nitrogens with zero attached hydrogens (tertiary/aromatic N) is 2. The number of aromatic nitrogens is 2. The predicted octanol–water partition coefficient (Wildman–Crippen LogP) is 4.07. The number of carbonyl (C=O) groups is 1. The number of amides is 1. The van der Waals surface area contributed by atoms with E-state index in [1.807, 2.05) is 54.6 Å². The highest BCUT2D eigenvalue weighted by Crippen LogP contribution is 2.21. The van der Waals surface area contributed by atoms with Crippen LogP contribution in [0.3, 0.4) is 0 Å². The second-order valence-corrected chi connectivity index (χ2v) is 5.75. The molecule has 23 heavy (non-hydrogen) atoms. The first-order chi connectivity index (χ1) is 11.2. The molecule has 0 fully saturated rings. The zero-order valence-corrected chi connectivity index (χ0v) is 13.8. The molecule has 2 aromatic carbocycles. The normalized spacial score (nSPS) is 10.5. The fourth-order valence-corrected chi connectivity index (χ4v) is 2.43. The van der Waals surface area contributed by atoms with Crippen LogP contribution in [0.15, 0.2) is 63.5 Å². The van der Waals surface area contributed by atoms with E-state index in [1.54, 1.807) is 0 Å². The summed E-state index contributed by atoms with van der Waals surface area (Å²) in [6.07, 6.45) is 0.674. The summed E-state index contributed by atoms with van der Waals surface area (Å²) in [7, 11) is 0. The molecule has 0 unspecified atom stereocenters. The fraction of sp³-hybridized carbons (Fsp3) is 0.118. The highest BCUT2D eigenvalue weighted by molar-refractivity contribution is 9.10. The van der Waals surface area contributed by atoms with E-state index in [-0.39, 0.29) is 12.3 Å². The quantitative estimate of drug-likeness (QED) is 0.733. The van der Waals surface area contributed by atoms with Gasteiger partial charge in [-0.05, 0) is 40.2 Å². The van der Waals surface area contributed by atoms with E-state index in [4.69, 9.17) is 4.42 Å². The molecule has 0 atom stereocenters. The average molecular weight is 372 g/mol. The van der Waals surface area contributed by atoms with Gasteiger partial charge in [0.15, 0.2) is 0 Å². The van der Waals surface area contributed by atoms with Crippen LogP contribution >= 0.6 is 15.9 Å². The number of carbonyl (C=O) groups excluding carboxylic acids is 1. The molecule has 3 aromatic rings. The standard InChI is InChI=1S/C17H14BrN3O2/c18-13-8-4-5-9-14(13)19-15(22)10-11-16-20-21-17(23-16)12-6-2-1-3-7-12/h1-9H,10-11H2,(H,19,22). The van der Waals surface area contributed by atoms with Gasteiger partial charge in [0, 0.05) is 22.9 Å². The topological polar surface area (TPSA) is 68.0 Å². The van der Waals surface area contributed by atoms with Gasteiger partial charge in [-0.15, -0.1) is 10.2 Å². The number of rotatable bonds is 5. The zero-order valence-electron chi connectivity index (χ0n) is 12.2. The van der Waals surface area contributed by atoms with Crippen molar-refractivity contribution in [3.8, 4) is 11.5 Å². The summed E-state index contributed by atoms with van der Waals surface area (Å²) in [5.74, 6) is 0.814. The van der Waals surface area contributed by atoms with Crippen LogP contribution in [0.4, 0.5) is 5.69 Å². The number of benzene rings is 2. The Bertz CT molecular complexity index is 802. The van der Waals surface area contributed by atoms with Crippen LogP contribution in [0.25, 0.3) is 11.5 Å². The van der Waals surface area contributed by atoms with Crippen molar-refractivity contribution in [3.05, 3.63) is 65.0 Å². The van der Waals surface area contributed by atoms with E-state index in [2.05, 4.69) is 31.4 Å². The molecule has 1 amide bonds. The number of hydrogen-bond acceptors (Lipinski definition) is 4. The molecular formula is C17H14BrN3O2. The maximum absolute atomic E-state index is 12.0. The van der Waals surface area contributed by atoms with Crippen LogP contribution in [-0.2, 0) is 11.2 Å². The zero-order chi connectivity index (χ0) is 16.1. The Hall–Kier alpha value is -2.47. The van der Waals surface area contributed by atoms with E-state index < -0.39 is 0 Å². The molecule has 6 heteroatoms. The van der Waals surface area contributed by atoms with Crippen molar-refractivity contribution in [1.29, 1.82) is 0 Å². The minimum atomic E-state index is -0.101. The van der Waals surface area contributed by atoms with Crippen LogP contribution in [0.1, 0.15) is 12.3 Å². The van der Waals surface area contributed by atoms with Gasteiger partial charge in [0.05, 0.1) is 5.69 Å². The molecule has 0 saturated heterocycles. The summed E-state index contributed by atoms with van der Waals surface area (Å²) in [6.45, 7) is 0. The van der Waals surface area contributed by atoms with E-state index in [1.165, 1.54) is 0 Å². The summed E-state index contributed by atoms with van der Waals surface area (Å²) < 4.78 is 6.43. The SMILES string of the molecule is O=C(CCc1nnc(-c2ccccc2)o1)Nc1ccccc1Br. The number of para-hydroxylation sites is 1. The summed E-state index contributed by atoms with van der Waals surface area (Å²) in [4.78, 5) is 12.0. The van der Waals surface area contributed by atoms with Crippen molar-refractivity contribution in [3.63, 3.8) is 0 Å². The van der Waals surface area contributed by atoms with Gasteiger partial charge >= 0.3 is 0 Å². The van der Waals surface area contributed by atoms with Crippen LogP contribution < -0.4 is 5.32 Å². The van der Waals surface area contributed by atoms with Crippen molar-refractivity contribution in [2.24, 2.45) is 0 Å². The van der Waals surface area contributed by atoms with Crippen molar-refractivity contribution in [2.75, 3.05) is 5.32 Å². The Labute approximate surface area is 141 Å². The molecule has 0 bridgehead atoms. The van der Waals surface area contributed by atoms with Crippen molar-refractivity contribution in [1.82, 2.24) is 10.2 Å². The lowest BCUT2D eigenvalue weighted by Crippen LogP contribution is -2.12. The van der Waals surface area contributed by atoms with Crippen LogP contribution in [-0.4, -0.2) is 16.1 Å². The third-order valence-electron chi connectivity index (χ3n) is 3.20. The Morgan fingerprint density at radius 2 is 1.78 bits per heavy atom. The molecule has 0 aliphatic rings. The van der Waals surface area contributed by atoms with Gasteiger partial charge in [0.25, 0.3) is 0 Å². The van der Waals surface area contributed by atoms with Gasteiger partial charge in [0.2, 0.25) is 17.7 Å². The minimum absolute atomic E-state index is 0.101. The van der Waals surface area contributed by atoms with E-state index in [0.29, 0.717) is 18.2 Å². The Morgan fingerprint density at radius 1 is 1.04 bits per heavy atom. The highest BCUT2D eigenvalue weighted by atomic mass is 79.9. The maximum Gasteiger partial charge on any atom is 0.247 e. The third kappa shape index (κ3) is 4.04. The van der Waals surface area contributed by atoms with Crippen LogP contribution in [0.5, 0.6) is 0 Å². The van der Waals surface area contributed by atoms with Crippen molar-refractivity contribution in [2.45, 2.75) is 12.8 Å². The maximum atomic E-state index is 12.0. The molecule has 5 nitrogen and oxygen atoms in total. The number of hydrogen-bond donors (Lipinski definition) is 1. The van der Waals surface area contributed by atoms with Gasteiger partial charge in [-0.1, -0.05) is 30.3 Å². The van der Waals surface area contributed by atoms with Gasteiger partial charge in [0.1, 0.15) is 0 Å². The molecule has 0 radical (unpaired) electrons. The monoisotopic (exact) mass is 371 g/mol. The molecule has 0 aliphatic heterocycles. The first kappa shape index (κ1) is 15.4. The van der Waals surface area contributed by atoms with Crippen molar-refractivity contribution < 1.29 is 9.21 Å². The first-order valence-corrected chi connectivity index (χ1v) is 7.94. The fourth-order valence-electron chi connectivity index (χ4n) is 2.05. The largest absolute Gasteiger partial charge is 0.421 e.